The Morgan fingerprint density at radius 1 is 1.19 bits per heavy atom. The lowest BCUT2D eigenvalue weighted by molar-refractivity contribution is -0.282. The molecule has 4 saturated heterocycles. The van der Waals surface area contributed by atoms with E-state index in [2.05, 4.69) is 6.92 Å². The van der Waals surface area contributed by atoms with E-state index in [0.717, 1.165) is 5.56 Å². The van der Waals surface area contributed by atoms with Gasteiger partial charge in [0.05, 0.1) is 18.4 Å². The van der Waals surface area contributed by atoms with Gasteiger partial charge in [-0.25, -0.2) is 4.79 Å². The molecular formula is C20H22O7. The highest BCUT2D eigenvalue weighted by Crippen LogP contribution is 2.72. The largest absolute Gasteiger partial charge is 0.472 e. The fourth-order valence-electron chi connectivity index (χ4n) is 6.93. The number of ether oxygens (including phenoxy) is 3. The Balaban J connectivity index is 1.48. The molecule has 6 fully saturated rings. The van der Waals surface area contributed by atoms with Crippen LogP contribution >= 0.6 is 0 Å². The SMILES string of the molecule is CC12CC(c3ccoc3)OC(=O)C1CCC1(C)C2C2OC(=O)C1(O)C1OC21. The number of hydrogen-bond donors (Lipinski definition) is 1. The number of cyclic esters (lactones) is 1. The van der Waals surface area contributed by atoms with Gasteiger partial charge in [0.15, 0.2) is 5.60 Å². The molecule has 0 amide bonds. The van der Waals surface area contributed by atoms with Crippen molar-refractivity contribution in [3.8, 4) is 0 Å². The number of rotatable bonds is 1. The Morgan fingerprint density at radius 2 is 2.00 bits per heavy atom. The molecule has 1 aromatic rings. The van der Waals surface area contributed by atoms with Crippen LogP contribution in [-0.2, 0) is 23.8 Å². The fourth-order valence-corrected chi connectivity index (χ4v) is 6.93. The van der Waals surface area contributed by atoms with Crippen LogP contribution in [0.1, 0.15) is 44.8 Å². The van der Waals surface area contributed by atoms with Crippen molar-refractivity contribution < 1.29 is 33.3 Å². The van der Waals surface area contributed by atoms with Crippen molar-refractivity contribution in [3.63, 3.8) is 0 Å². The molecule has 0 spiro atoms. The second-order valence-electron chi connectivity index (χ2n) is 9.34. The number of carbonyl (C=O) groups is 2. The molecule has 27 heavy (non-hydrogen) atoms. The van der Waals surface area contributed by atoms with Crippen molar-refractivity contribution in [2.45, 2.75) is 63.1 Å². The van der Waals surface area contributed by atoms with Gasteiger partial charge < -0.3 is 23.7 Å². The Labute approximate surface area is 155 Å². The predicted octanol–water partition coefficient (Wildman–Crippen LogP) is 1.74. The normalized spacial score (nSPS) is 55.1. The van der Waals surface area contributed by atoms with Gasteiger partial charge in [0.2, 0.25) is 0 Å². The molecule has 2 aliphatic carbocycles. The second kappa shape index (κ2) is 4.58. The van der Waals surface area contributed by atoms with Crippen molar-refractivity contribution >= 4 is 11.9 Å². The van der Waals surface area contributed by atoms with Gasteiger partial charge in [-0.3, -0.25) is 4.79 Å². The van der Waals surface area contributed by atoms with E-state index in [4.69, 9.17) is 18.6 Å². The zero-order valence-electron chi connectivity index (χ0n) is 15.2. The van der Waals surface area contributed by atoms with Gasteiger partial charge in [-0.05, 0) is 30.7 Å². The molecule has 4 aliphatic heterocycles. The maximum Gasteiger partial charge on any atom is 0.341 e. The van der Waals surface area contributed by atoms with E-state index in [1.165, 1.54) is 0 Å². The van der Waals surface area contributed by atoms with Gasteiger partial charge in [-0.1, -0.05) is 13.8 Å². The summed E-state index contributed by atoms with van der Waals surface area (Å²) in [5.74, 6) is -1.24. The summed E-state index contributed by atoms with van der Waals surface area (Å²) < 4.78 is 22.3. The number of epoxide rings is 1. The molecule has 5 heterocycles. The summed E-state index contributed by atoms with van der Waals surface area (Å²) in [6.45, 7) is 4.06. The monoisotopic (exact) mass is 374 g/mol. The van der Waals surface area contributed by atoms with Crippen LogP contribution in [0.2, 0.25) is 0 Å². The van der Waals surface area contributed by atoms with Crippen molar-refractivity contribution in [1.82, 2.24) is 0 Å². The van der Waals surface area contributed by atoms with Gasteiger partial charge in [0.1, 0.15) is 24.4 Å². The topological polar surface area (TPSA) is 98.5 Å². The summed E-state index contributed by atoms with van der Waals surface area (Å²) in [5, 5.41) is 11.4. The van der Waals surface area contributed by atoms with Crippen molar-refractivity contribution in [1.29, 1.82) is 0 Å². The Hall–Kier alpha value is -1.86. The molecule has 144 valence electrons. The van der Waals surface area contributed by atoms with Crippen LogP contribution in [0.5, 0.6) is 0 Å². The minimum Gasteiger partial charge on any atom is -0.472 e. The molecule has 2 saturated carbocycles. The van der Waals surface area contributed by atoms with Gasteiger partial charge in [-0.15, -0.1) is 0 Å². The van der Waals surface area contributed by atoms with Gasteiger partial charge in [0.25, 0.3) is 0 Å². The number of fused-ring (bicyclic) bond motifs is 2. The first kappa shape index (κ1) is 16.1. The molecule has 9 unspecified atom stereocenters. The molecular weight excluding hydrogens is 352 g/mol. The van der Waals surface area contributed by atoms with Crippen LogP contribution in [0.3, 0.4) is 0 Å². The minimum atomic E-state index is -1.64. The van der Waals surface area contributed by atoms with Crippen LogP contribution in [0.25, 0.3) is 0 Å². The van der Waals surface area contributed by atoms with Crippen LogP contribution < -0.4 is 0 Å². The van der Waals surface area contributed by atoms with Crippen molar-refractivity contribution in [2.24, 2.45) is 22.7 Å². The molecule has 0 radical (unpaired) electrons. The number of hydrogen-bond acceptors (Lipinski definition) is 7. The number of carbonyl (C=O) groups excluding carboxylic acids is 2. The molecule has 7 heteroatoms. The molecule has 7 rings (SSSR count). The van der Waals surface area contributed by atoms with Crippen LogP contribution in [0, 0.1) is 22.7 Å². The zero-order valence-corrected chi connectivity index (χ0v) is 15.2. The summed E-state index contributed by atoms with van der Waals surface area (Å²) in [6.07, 6.45) is 3.34. The van der Waals surface area contributed by atoms with E-state index < -0.39 is 40.7 Å². The average molecular weight is 374 g/mol. The second-order valence-corrected chi connectivity index (χ2v) is 9.34. The lowest BCUT2D eigenvalue weighted by Crippen LogP contribution is -2.77. The molecule has 9 atom stereocenters. The third-order valence-corrected chi connectivity index (χ3v) is 8.24. The van der Waals surface area contributed by atoms with E-state index in [1.54, 1.807) is 12.5 Å². The van der Waals surface area contributed by atoms with Gasteiger partial charge in [-0.2, -0.15) is 0 Å². The highest BCUT2D eigenvalue weighted by molar-refractivity contribution is 5.85. The first-order chi connectivity index (χ1) is 12.8. The van der Waals surface area contributed by atoms with Crippen LogP contribution in [0.15, 0.2) is 23.0 Å². The standard InChI is InChI=1S/C20H22O7/c1-18-7-11(9-4-6-24-8-9)25-16(21)10(18)3-5-19(2)14(18)12-13-15(26-13)20(19,23)17(22)27-12/h4,6,8,10-15,23H,3,5,7H2,1-2H3. The van der Waals surface area contributed by atoms with Gasteiger partial charge >= 0.3 is 11.9 Å². The number of furan rings is 1. The molecule has 0 aromatic carbocycles. The summed E-state index contributed by atoms with van der Waals surface area (Å²) in [7, 11) is 0. The highest BCUT2D eigenvalue weighted by Gasteiger charge is 2.84. The van der Waals surface area contributed by atoms with E-state index in [9.17, 15) is 14.7 Å². The quantitative estimate of drug-likeness (QED) is 0.590. The maximum atomic E-state index is 12.9. The zero-order chi connectivity index (χ0) is 18.8. The molecule has 1 aromatic heterocycles. The van der Waals surface area contributed by atoms with Crippen LogP contribution in [0.4, 0.5) is 0 Å². The third-order valence-electron chi connectivity index (χ3n) is 8.24. The molecule has 7 nitrogen and oxygen atoms in total. The lowest BCUT2D eigenvalue weighted by atomic mass is 9.41. The highest BCUT2D eigenvalue weighted by atomic mass is 16.7. The molecule has 2 bridgehead atoms. The van der Waals surface area contributed by atoms with Crippen LogP contribution in [-0.4, -0.2) is 41.0 Å². The number of aliphatic hydroxyl groups is 1. The Kier molecular flexibility index (Phi) is 2.73. The van der Waals surface area contributed by atoms with E-state index >= 15 is 0 Å². The summed E-state index contributed by atoms with van der Waals surface area (Å²) in [5.41, 5.74) is -1.97. The summed E-state index contributed by atoms with van der Waals surface area (Å²) >= 11 is 0. The Bertz CT molecular complexity index is 849. The molecule has 6 aliphatic rings. The third kappa shape index (κ3) is 1.63. The van der Waals surface area contributed by atoms with Crippen molar-refractivity contribution in [2.75, 3.05) is 0 Å². The first-order valence-electron chi connectivity index (χ1n) is 9.62. The molecule has 1 N–H and O–H groups in total. The van der Waals surface area contributed by atoms with E-state index in [-0.39, 0.29) is 23.9 Å². The Morgan fingerprint density at radius 3 is 2.74 bits per heavy atom. The predicted molar refractivity (Wildman–Crippen MR) is 88.1 cm³/mol. The minimum absolute atomic E-state index is 0.169. The van der Waals surface area contributed by atoms with Gasteiger partial charge in [0, 0.05) is 16.9 Å². The smallest absolute Gasteiger partial charge is 0.341 e. The fraction of sp³-hybridized carbons (Fsp3) is 0.700. The average Bonchev–Trinajstić information content (AvgIpc) is 3.24. The lowest BCUT2D eigenvalue weighted by Gasteiger charge is -2.66. The summed E-state index contributed by atoms with van der Waals surface area (Å²) in [4.78, 5) is 25.5. The van der Waals surface area contributed by atoms with E-state index in [1.807, 2.05) is 13.0 Å². The number of esters is 2. The summed E-state index contributed by atoms with van der Waals surface area (Å²) in [6, 6.07) is 1.81. The van der Waals surface area contributed by atoms with E-state index in [0.29, 0.717) is 19.3 Å². The first-order valence-corrected chi connectivity index (χ1v) is 9.62. The van der Waals surface area contributed by atoms with Crippen molar-refractivity contribution in [3.05, 3.63) is 24.2 Å². The maximum absolute atomic E-state index is 12.9.